The maximum Gasteiger partial charge on any atom is 0.109 e. The maximum absolute atomic E-state index is 4.94. The molecule has 1 unspecified atom stereocenters. The third-order valence-corrected chi connectivity index (χ3v) is 5.00. The van der Waals surface area contributed by atoms with Gasteiger partial charge in [-0.2, -0.15) is 0 Å². The smallest absolute Gasteiger partial charge is 0.109 e. The Morgan fingerprint density at radius 2 is 1.95 bits per heavy atom. The fourth-order valence-corrected chi connectivity index (χ4v) is 3.62. The summed E-state index contributed by atoms with van der Waals surface area (Å²) in [4.78, 5) is 7.53. The molecule has 1 atom stereocenters. The Labute approximate surface area is 117 Å². The highest BCUT2D eigenvalue weighted by molar-refractivity contribution is 5.13. The third-order valence-electron chi connectivity index (χ3n) is 5.00. The van der Waals surface area contributed by atoms with Crippen molar-refractivity contribution in [1.29, 1.82) is 0 Å². The minimum Gasteiger partial charge on any atom is -0.332 e. The van der Waals surface area contributed by atoms with Crippen LogP contribution in [0.2, 0.25) is 0 Å². The Morgan fingerprint density at radius 3 is 2.58 bits per heavy atom. The highest BCUT2D eigenvalue weighted by Gasteiger charge is 2.26. The van der Waals surface area contributed by atoms with Gasteiger partial charge in [-0.05, 0) is 59.5 Å². The molecule has 0 bridgehead atoms. The quantitative estimate of drug-likeness (QED) is 0.814. The zero-order chi connectivity index (χ0) is 13.4. The monoisotopic (exact) mass is 261 g/mol. The van der Waals surface area contributed by atoms with E-state index in [0.29, 0.717) is 18.0 Å². The molecule has 1 fully saturated rings. The number of aryl methyl sites for hydroxylation is 1. The lowest BCUT2D eigenvalue weighted by Crippen LogP contribution is -2.37. The second kappa shape index (κ2) is 5.28. The molecule has 0 aliphatic carbocycles. The molecular formula is C16H27N3. The van der Waals surface area contributed by atoms with Crippen LogP contribution >= 0.6 is 0 Å². The molecule has 0 aromatic carbocycles. The van der Waals surface area contributed by atoms with Gasteiger partial charge in [-0.1, -0.05) is 0 Å². The van der Waals surface area contributed by atoms with Crippen molar-refractivity contribution in [3.05, 3.63) is 17.7 Å². The molecule has 0 N–H and O–H groups in total. The zero-order valence-corrected chi connectivity index (χ0v) is 12.6. The van der Waals surface area contributed by atoms with Crippen LogP contribution in [-0.2, 0) is 6.42 Å². The van der Waals surface area contributed by atoms with Crippen LogP contribution < -0.4 is 0 Å². The first-order valence-corrected chi connectivity index (χ1v) is 7.97. The summed E-state index contributed by atoms with van der Waals surface area (Å²) < 4.78 is 2.44. The number of aromatic nitrogens is 2. The van der Waals surface area contributed by atoms with E-state index < -0.39 is 0 Å². The maximum atomic E-state index is 4.94. The van der Waals surface area contributed by atoms with Gasteiger partial charge in [0.1, 0.15) is 5.82 Å². The van der Waals surface area contributed by atoms with Crippen molar-refractivity contribution in [1.82, 2.24) is 14.5 Å². The summed E-state index contributed by atoms with van der Waals surface area (Å²) in [6.07, 6.45) is 8.72. The molecule has 19 heavy (non-hydrogen) atoms. The zero-order valence-electron chi connectivity index (χ0n) is 12.6. The Kier molecular flexibility index (Phi) is 3.66. The van der Waals surface area contributed by atoms with E-state index in [1.165, 1.54) is 56.7 Å². The fraction of sp³-hybridized carbons (Fsp3) is 0.812. The summed E-state index contributed by atoms with van der Waals surface area (Å²) >= 11 is 0. The van der Waals surface area contributed by atoms with Gasteiger partial charge in [0.25, 0.3) is 0 Å². The van der Waals surface area contributed by atoms with Crippen LogP contribution in [0.5, 0.6) is 0 Å². The van der Waals surface area contributed by atoms with Gasteiger partial charge in [0, 0.05) is 30.6 Å². The van der Waals surface area contributed by atoms with Gasteiger partial charge in [-0.15, -0.1) is 0 Å². The second-order valence-corrected chi connectivity index (χ2v) is 6.63. The highest BCUT2D eigenvalue weighted by atomic mass is 15.2. The molecule has 1 saturated heterocycles. The molecule has 0 spiro atoms. The summed E-state index contributed by atoms with van der Waals surface area (Å²) in [7, 11) is 0. The Morgan fingerprint density at radius 1 is 1.21 bits per heavy atom. The molecule has 1 aromatic rings. The van der Waals surface area contributed by atoms with E-state index in [9.17, 15) is 0 Å². The van der Waals surface area contributed by atoms with Gasteiger partial charge in [0.05, 0.1) is 5.69 Å². The number of fused-ring (bicyclic) bond motifs is 1. The van der Waals surface area contributed by atoms with Crippen molar-refractivity contribution in [2.45, 2.75) is 70.9 Å². The van der Waals surface area contributed by atoms with Gasteiger partial charge in [-0.3, -0.25) is 0 Å². The van der Waals surface area contributed by atoms with E-state index in [-0.39, 0.29) is 0 Å². The highest BCUT2D eigenvalue weighted by Crippen LogP contribution is 2.31. The minimum atomic E-state index is 0.653. The summed E-state index contributed by atoms with van der Waals surface area (Å²) in [5.41, 5.74) is 1.37. The number of likely N-dealkylation sites (tertiary alicyclic amines) is 1. The standard InChI is InChI=1S/C16H27N3/c1-12(2)18-9-7-14(8-10-18)15-11-19-13(3)5-4-6-16(19)17-15/h11-14H,4-10H2,1-3H3. The van der Waals surface area contributed by atoms with E-state index in [1.807, 2.05) is 0 Å². The lowest BCUT2D eigenvalue weighted by molar-refractivity contribution is 0.171. The van der Waals surface area contributed by atoms with Crippen molar-refractivity contribution in [2.75, 3.05) is 13.1 Å². The third kappa shape index (κ3) is 2.58. The first kappa shape index (κ1) is 13.2. The van der Waals surface area contributed by atoms with Crippen molar-refractivity contribution < 1.29 is 0 Å². The average Bonchev–Trinajstić information content (AvgIpc) is 2.84. The number of nitrogens with zero attached hydrogens (tertiary/aromatic N) is 3. The summed E-state index contributed by atoms with van der Waals surface area (Å²) in [5.74, 6) is 2.03. The predicted molar refractivity (Wildman–Crippen MR) is 78.6 cm³/mol. The molecular weight excluding hydrogens is 234 g/mol. The van der Waals surface area contributed by atoms with Crippen LogP contribution in [0.15, 0.2) is 6.20 Å². The molecule has 0 radical (unpaired) electrons. The molecule has 2 aliphatic heterocycles. The van der Waals surface area contributed by atoms with Crippen LogP contribution in [0.3, 0.4) is 0 Å². The lowest BCUT2D eigenvalue weighted by atomic mass is 9.93. The Hall–Kier alpha value is -0.830. The van der Waals surface area contributed by atoms with Gasteiger partial charge >= 0.3 is 0 Å². The van der Waals surface area contributed by atoms with Gasteiger partial charge in [-0.25, -0.2) is 4.98 Å². The van der Waals surface area contributed by atoms with Crippen LogP contribution in [0.1, 0.15) is 69.9 Å². The topological polar surface area (TPSA) is 21.1 Å². The van der Waals surface area contributed by atoms with Gasteiger partial charge in [0.2, 0.25) is 0 Å². The van der Waals surface area contributed by atoms with E-state index in [0.717, 1.165) is 0 Å². The van der Waals surface area contributed by atoms with Crippen LogP contribution in [-0.4, -0.2) is 33.6 Å². The predicted octanol–water partition coefficient (Wildman–Crippen LogP) is 3.37. The van der Waals surface area contributed by atoms with Gasteiger partial charge in [0.15, 0.2) is 0 Å². The fourth-order valence-electron chi connectivity index (χ4n) is 3.62. The van der Waals surface area contributed by atoms with Crippen molar-refractivity contribution in [2.24, 2.45) is 0 Å². The molecule has 0 saturated carbocycles. The first-order valence-electron chi connectivity index (χ1n) is 7.97. The van der Waals surface area contributed by atoms with Crippen molar-refractivity contribution in [3.8, 4) is 0 Å². The largest absolute Gasteiger partial charge is 0.332 e. The van der Waals surface area contributed by atoms with Crippen molar-refractivity contribution in [3.63, 3.8) is 0 Å². The van der Waals surface area contributed by atoms with Gasteiger partial charge < -0.3 is 9.47 Å². The molecule has 3 heterocycles. The molecule has 0 amide bonds. The SMILES string of the molecule is CC(C)N1CCC(c2cn3c(n2)CCCC3C)CC1. The number of piperidine rings is 1. The molecule has 3 heteroatoms. The number of hydrogen-bond acceptors (Lipinski definition) is 2. The molecule has 106 valence electrons. The molecule has 1 aromatic heterocycles. The summed E-state index contributed by atoms with van der Waals surface area (Å²) in [6, 6.07) is 1.34. The van der Waals surface area contributed by atoms with E-state index in [4.69, 9.17) is 4.98 Å². The number of rotatable bonds is 2. The summed E-state index contributed by atoms with van der Waals surface area (Å²) in [5, 5.41) is 0. The van der Waals surface area contributed by atoms with E-state index >= 15 is 0 Å². The van der Waals surface area contributed by atoms with Crippen LogP contribution in [0.25, 0.3) is 0 Å². The summed E-state index contributed by atoms with van der Waals surface area (Å²) in [6.45, 7) is 9.41. The Balaban J connectivity index is 1.70. The Bertz CT molecular complexity index is 427. The molecule has 2 aliphatic rings. The first-order chi connectivity index (χ1) is 9.15. The molecule has 3 rings (SSSR count). The number of imidazole rings is 1. The lowest BCUT2D eigenvalue weighted by Gasteiger charge is -2.34. The normalized spacial score (nSPS) is 25.8. The molecule has 3 nitrogen and oxygen atoms in total. The minimum absolute atomic E-state index is 0.653. The second-order valence-electron chi connectivity index (χ2n) is 6.63. The van der Waals surface area contributed by atoms with Crippen molar-refractivity contribution >= 4 is 0 Å². The number of hydrogen-bond donors (Lipinski definition) is 0. The van der Waals surface area contributed by atoms with Crippen LogP contribution in [0.4, 0.5) is 0 Å². The average molecular weight is 261 g/mol. The van der Waals surface area contributed by atoms with Crippen LogP contribution in [0, 0.1) is 0 Å². The van der Waals surface area contributed by atoms with E-state index in [2.05, 4.69) is 36.4 Å². The van der Waals surface area contributed by atoms with E-state index in [1.54, 1.807) is 0 Å².